The maximum atomic E-state index is 12.4. The van der Waals surface area contributed by atoms with E-state index in [0.717, 1.165) is 0 Å². The van der Waals surface area contributed by atoms with Crippen LogP contribution >= 0.6 is 0 Å². The van der Waals surface area contributed by atoms with Gasteiger partial charge in [0, 0.05) is 18.9 Å². The summed E-state index contributed by atoms with van der Waals surface area (Å²) in [4.78, 5) is 37.6. The molecule has 0 saturated carbocycles. The summed E-state index contributed by atoms with van der Waals surface area (Å²) in [6, 6.07) is 0. The summed E-state index contributed by atoms with van der Waals surface area (Å²) >= 11 is 0. The lowest BCUT2D eigenvalue weighted by atomic mass is 9.81. The monoisotopic (exact) mass is 283 g/mol. The van der Waals surface area contributed by atoms with Crippen molar-refractivity contribution in [2.75, 3.05) is 19.8 Å². The second-order valence-electron chi connectivity index (χ2n) is 5.18. The molecule has 0 unspecified atom stereocenters. The minimum atomic E-state index is -0.945. The van der Waals surface area contributed by atoms with Gasteiger partial charge in [-0.1, -0.05) is 0 Å². The zero-order chi connectivity index (χ0) is 14.8. The number of carbonyl (C=O) groups is 3. The van der Waals surface area contributed by atoms with Crippen LogP contribution in [0.2, 0.25) is 0 Å². The first kappa shape index (κ1) is 14.8. The second kappa shape index (κ2) is 5.81. The molecule has 0 bridgehead atoms. The van der Waals surface area contributed by atoms with E-state index < -0.39 is 5.54 Å². The molecule has 0 spiro atoms. The Morgan fingerprint density at radius 3 is 2.65 bits per heavy atom. The quantitative estimate of drug-likeness (QED) is 0.700. The van der Waals surface area contributed by atoms with E-state index in [1.54, 1.807) is 18.7 Å². The smallest absolute Gasteiger partial charge is 0.332 e. The molecule has 6 nitrogen and oxygen atoms in total. The highest BCUT2D eigenvalue weighted by atomic mass is 16.5. The molecule has 0 aromatic heterocycles. The lowest BCUT2D eigenvalue weighted by Gasteiger charge is -2.34. The van der Waals surface area contributed by atoms with E-state index in [-0.39, 0.29) is 36.8 Å². The van der Waals surface area contributed by atoms with Gasteiger partial charge >= 0.3 is 11.9 Å². The lowest BCUT2D eigenvalue weighted by Crippen LogP contribution is -2.52. The second-order valence-corrected chi connectivity index (χ2v) is 5.18. The van der Waals surface area contributed by atoms with Crippen LogP contribution in [0.4, 0.5) is 0 Å². The Balaban J connectivity index is 2.21. The van der Waals surface area contributed by atoms with Crippen LogP contribution in [0.1, 0.15) is 39.5 Å². The van der Waals surface area contributed by atoms with Crippen LogP contribution in [-0.2, 0) is 23.9 Å². The number of hydrogen-bond acceptors (Lipinski definition) is 5. The summed E-state index contributed by atoms with van der Waals surface area (Å²) in [5, 5.41) is 0. The maximum Gasteiger partial charge on any atom is 0.332 e. The molecule has 0 N–H and O–H groups in total. The van der Waals surface area contributed by atoms with Crippen molar-refractivity contribution in [1.29, 1.82) is 0 Å². The first-order valence-electron chi connectivity index (χ1n) is 7.19. The number of carbonyl (C=O) groups excluding carboxylic acids is 3. The lowest BCUT2D eigenvalue weighted by molar-refractivity contribution is -0.161. The van der Waals surface area contributed by atoms with E-state index >= 15 is 0 Å². The molecule has 2 atom stereocenters. The summed E-state index contributed by atoms with van der Waals surface area (Å²) in [7, 11) is 0. The number of rotatable bonds is 5. The molecule has 2 rings (SSSR count). The maximum absolute atomic E-state index is 12.4. The Hall–Kier alpha value is -1.59. The van der Waals surface area contributed by atoms with Crippen molar-refractivity contribution in [3.05, 3.63) is 0 Å². The first-order chi connectivity index (χ1) is 9.56. The van der Waals surface area contributed by atoms with E-state index in [4.69, 9.17) is 9.47 Å². The fourth-order valence-electron chi connectivity index (χ4n) is 3.39. The molecule has 1 amide bonds. The van der Waals surface area contributed by atoms with Crippen molar-refractivity contribution in [2.24, 2.45) is 5.92 Å². The highest BCUT2D eigenvalue weighted by Crippen LogP contribution is 2.46. The zero-order valence-electron chi connectivity index (χ0n) is 12.0. The number of hydrogen-bond donors (Lipinski definition) is 0. The topological polar surface area (TPSA) is 72.9 Å². The normalized spacial score (nSPS) is 28.4. The standard InChI is InChI=1S/C14H21NO5/c1-3-19-12(17)9-10-6-8-15-11(16)5-7-14(10,15)13(18)20-4-2/h10H,3-9H2,1-2H3/t10-,14-/m1/s1. The van der Waals surface area contributed by atoms with Crippen LogP contribution in [0.3, 0.4) is 0 Å². The minimum Gasteiger partial charge on any atom is -0.466 e. The van der Waals surface area contributed by atoms with Crippen molar-refractivity contribution in [3.8, 4) is 0 Å². The van der Waals surface area contributed by atoms with Crippen LogP contribution in [0.5, 0.6) is 0 Å². The zero-order valence-corrected chi connectivity index (χ0v) is 12.0. The fraction of sp³-hybridized carbons (Fsp3) is 0.786. The summed E-state index contributed by atoms with van der Waals surface area (Å²) in [6.45, 7) is 4.60. The predicted octanol–water partition coefficient (Wildman–Crippen LogP) is 0.884. The Bertz CT molecular complexity index is 422. The molecule has 2 fully saturated rings. The molecule has 0 aromatic rings. The molecule has 0 aromatic carbocycles. The Labute approximate surface area is 118 Å². The Morgan fingerprint density at radius 2 is 2.00 bits per heavy atom. The predicted molar refractivity (Wildman–Crippen MR) is 69.7 cm³/mol. The highest BCUT2D eigenvalue weighted by molar-refractivity contribution is 5.93. The largest absolute Gasteiger partial charge is 0.466 e. The van der Waals surface area contributed by atoms with Crippen molar-refractivity contribution in [2.45, 2.75) is 45.1 Å². The molecular formula is C14H21NO5. The number of amides is 1. The van der Waals surface area contributed by atoms with Crippen LogP contribution in [0.25, 0.3) is 0 Å². The fourth-order valence-corrected chi connectivity index (χ4v) is 3.39. The Morgan fingerprint density at radius 1 is 1.30 bits per heavy atom. The van der Waals surface area contributed by atoms with Gasteiger partial charge in [-0.2, -0.15) is 0 Å². The van der Waals surface area contributed by atoms with Crippen molar-refractivity contribution in [1.82, 2.24) is 4.90 Å². The first-order valence-corrected chi connectivity index (χ1v) is 7.19. The van der Waals surface area contributed by atoms with E-state index in [1.165, 1.54) is 0 Å². The number of nitrogens with zero attached hydrogens (tertiary/aromatic N) is 1. The summed E-state index contributed by atoms with van der Waals surface area (Å²) in [6.07, 6.45) is 1.59. The number of fused-ring (bicyclic) bond motifs is 1. The van der Waals surface area contributed by atoms with Crippen molar-refractivity contribution < 1.29 is 23.9 Å². The van der Waals surface area contributed by atoms with Gasteiger partial charge in [0.1, 0.15) is 5.54 Å². The average molecular weight is 283 g/mol. The summed E-state index contributed by atoms with van der Waals surface area (Å²) in [5.74, 6) is -0.920. The number of esters is 2. The van der Waals surface area contributed by atoms with Gasteiger partial charge in [0.2, 0.25) is 5.91 Å². The van der Waals surface area contributed by atoms with E-state index in [2.05, 4.69) is 0 Å². The van der Waals surface area contributed by atoms with Gasteiger partial charge in [-0.3, -0.25) is 9.59 Å². The molecule has 112 valence electrons. The molecule has 2 aliphatic heterocycles. The van der Waals surface area contributed by atoms with Crippen LogP contribution in [0, 0.1) is 5.92 Å². The van der Waals surface area contributed by atoms with Gasteiger partial charge in [-0.25, -0.2) is 4.79 Å². The molecule has 20 heavy (non-hydrogen) atoms. The molecule has 6 heteroatoms. The van der Waals surface area contributed by atoms with E-state index in [1.807, 2.05) is 0 Å². The van der Waals surface area contributed by atoms with Crippen LogP contribution < -0.4 is 0 Å². The van der Waals surface area contributed by atoms with Gasteiger partial charge in [0.25, 0.3) is 0 Å². The molecule has 2 saturated heterocycles. The van der Waals surface area contributed by atoms with E-state index in [9.17, 15) is 14.4 Å². The molecule has 0 aliphatic carbocycles. The molecular weight excluding hydrogens is 262 g/mol. The third-order valence-corrected chi connectivity index (χ3v) is 4.23. The van der Waals surface area contributed by atoms with Gasteiger partial charge in [0.15, 0.2) is 0 Å². The van der Waals surface area contributed by atoms with Crippen molar-refractivity contribution in [3.63, 3.8) is 0 Å². The van der Waals surface area contributed by atoms with Crippen LogP contribution in [0.15, 0.2) is 0 Å². The number of ether oxygens (including phenoxy) is 2. The molecule has 2 aliphatic rings. The minimum absolute atomic E-state index is 0.0237. The van der Waals surface area contributed by atoms with Crippen molar-refractivity contribution >= 4 is 17.8 Å². The highest BCUT2D eigenvalue weighted by Gasteiger charge is 2.60. The Kier molecular flexibility index (Phi) is 4.30. The summed E-state index contributed by atoms with van der Waals surface area (Å²) < 4.78 is 10.1. The van der Waals surface area contributed by atoms with Crippen LogP contribution in [-0.4, -0.2) is 48.0 Å². The van der Waals surface area contributed by atoms with Gasteiger partial charge in [-0.05, 0) is 26.7 Å². The van der Waals surface area contributed by atoms with Gasteiger partial charge in [-0.15, -0.1) is 0 Å². The third-order valence-electron chi connectivity index (χ3n) is 4.23. The summed E-state index contributed by atoms with van der Waals surface area (Å²) in [5.41, 5.74) is -0.945. The van der Waals surface area contributed by atoms with Gasteiger partial charge < -0.3 is 14.4 Å². The average Bonchev–Trinajstić information content (AvgIpc) is 2.91. The molecule has 2 heterocycles. The van der Waals surface area contributed by atoms with Gasteiger partial charge in [0.05, 0.1) is 19.6 Å². The third kappa shape index (κ3) is 2.27. The SMILES string of the molecule is CCOC(=O)C[C@H]1CCN2C(=O)CC[C@]12C(=O)OCC. The van der Waals surface area contributed by atoms with E-state index in [0.29, 0.717) is 32.4 Å². The molecule has 0 radical (unpaired) electrons.